The lowest BCUT2D eigenvalue weighted by molar-refractivity contribution is 0.249. The summed E-state index contributed by atoms with van der Waals surface area (Å²) in [5, 5.41) is 4.63. The predicted octanol–water partition coefficient (Wildman–Crippen LogP) is 2.03. The number of rotatable bonds is 6. The number of methoxy groups -OCH3 is 1. The fourth-order valence-corrected chi connectivity index (χ4v) is 3.68. The van der Waals surface area contributed by atoms with Crippen LogP contribution in [0.15, 0.2) is 29.3 Å². The summed E-state index contributed by atoms with van der Waals surface area (Å²) in [4.78, 5) is 21.2. The first-order chi connectivity index (χ1) is 13.1. The number of nitrogens with zero attached hydrogens (tertiary/aromatic N) is 5. The van der Waals surface area contributed by atoms with Crippen LogP contribution in [0.25, 0.3) is 0 Å². The van der Waals surface area contributed by atoms with Crippen molar-refractivity contribution in [3.63, 3.8) is 0 Å². The summed E-state index contributed by atoms with van der Waals surface area (Å²) in [6.45, 7) is 4.95. The fourth-order valence-electron chi connectivity index (χ4n) is 3.42. The lowest BCUT2D eigenvalue weighted by atomic mass is 10.2. The third kappa shape index (κ3) is 4.25. The number of aromatic nitrogens is 3. The minimum Gasteiger partial charge on any atom is -0.481 e. The lowest BCUT2D eigenvalue weighted by Crippen LogP contribution is -2.46. The largest absolute Gasteiger partial charge is 0.481 e. The first-order valence-corrected chi connectivity index (χ1v) is 9.73. The van der Waals surface area contributed by atoms with Gasteiger partial charge in [-0.05, 0) is 30.4 Å². The minimum atomic E-state index is -0.174. The second-order valence-electron chi connectivity index (χ2n) is 7.24. The SMILES string of the molecule is COc1cc(CN2CCN(c3cnn(CC4CC4)c(=O)c3Cl)CC2)ccn1. The van der Waals surface area contributed by atoms with E-state index in [4.69, 9.17) is 16.3 Å². The highest BCUT2D eigenvalue weighted by molar-refractivity contribution is 6.33. The van der Waals surface area contributed by atoms with Crippen molar-refractivity contribution in [2.45, 2.75) is 25.9 Å². The maximum Gasteiger partial charge on any atom is 0.287 e. The molecule has 0 radical (unpaired) electrons. The summed E-state index contributed by atoms with van der Waals surface area (Å²) in [5.74, 6) is 1.23. The number of halogens is 1. The molecular formula is C19H24ClN5O2. The molecule has 4 rings (SSSR count). The topological polar surface area (TPSA) is 63.5 Å². The van der Waals surface area contributed by atoms with E-state index in [1.54, 1.807) is 19.5 Å². The summed E-state index contributed by atoms with van der Waals surface area (Å²) in [6, 6.07) is 3.97. The van der Waals surface area contributed by atoms with Crippen LogP contribution in [0.2, 0.25) is 5.02 Å². The van der Waals surface area contributed by atoms with Crippen molar-refractivity contribution in [2.24, 2.45) is 5.92 Å². The van der Waals surface area contributed by atoms with Crippen molar-refractivity contribution < 1.29 is 4.74 Å². The molecule has 2 fully saturated rings. The second kappa shape index (κ2) is 7.86. The zero-order valence-corrected chi connectivity index (χ0v) is 16.2. The van der Waals surface area contributed by atoms with Crippen molar-refractivity contribution >= 4 is 17.3 Å². The Morgan fingerprint density at radius 3 is 2.74 bits per heavy atom. The number of piperazine rings is 1. The van der Waals surface area contributed by atoms with E-state index in [-0.39, 0.29) is 10.6 Å². The molecule has 0 aromatic carbocycles. The standard InChI is InChI=1S/C19H24ClN5O2/c1-27-17-10-15(4-5-21-17)12-23-6-8-24(9-7-23)16-11-22-25(13-14-2-3-14)19(26)18(16)20/h4-5,10-11,14H,2-3,6-9,12-13H2,1H3. The van der Waals surface area contributed by atoms with E-state index in [2.05, 4.69) is 19.9 Å². The Labute approximate surface area is 163 Å². The van der Waals surface area contributed by atoms with E-state index in [0.717, 1.165) is 38.4 Å². The molecule has 7 nitrogen and oxygen atoms in total. The summed E-state index contributed by atoms with van der Waals surface area (Å²) >= 11 is 6.39. The van der Waals surface area contributed by atoms with Gasteiger partial charge in [-0.25, -0.2) is 9.67 Å². The predicted molar refractivity (Wildman–Crippen MR) is 105 cm³/mol. The Morgan fingerprint density at radius 2 is 2.04 bits per heavy atom. The van der Waals surface area contributed by atoms with E-state index in [9.17, 15) is 4.79 Å². The third-order valence-electron chi connectivity index (χ3n) is 5.22. The molecule has 0 unspecified atom stereocenters. The highest BCUT2D eigenvalue weighted by Crippen LogP contribution is 2.30. The van der Waals surface area contributed by atoms with Gasteiger partial charge >= 0.3 is 0 Å². The fraction of sp³-hybridized carbons (Fsp3) is 0.526. The van der Waals surface area contributed by atoms with Gasteiger partial charge in [0.2, 0.25) is 5.88 Å². The number of hydrogen-bond donors (Lipinski definition) is 0. The van der Waals surface area contributed by atoms with Gasteiger partial charge in [-0.15, -0.1) is 0 Å². The van der Waals surface area contributed by atoms with Gasteiger partial charge in [0.15, 0.2) is 0 Å². The van der Waals surface area contributed by atoms with Crippen molar-refractivity contribution in [1.29, 1.82) is 0 Å². The number of pyridine rings is 1. The molecule has 27 heavy (non-hydrogen) atoms. The van der Waals surface area contributed by atoms with Gasteiger partial charge in [-0.1, -0.05) is 11.6 Å². The molecule has 0 bridgehead atoms. The van der Waals surface area contributed by atoms with E-state index in [0.29, 0.717) is 18.3 Å². The van der Waals surface area contributed by atoms with Crippen LogP contribution in [0.5, 0.6) is 5.88 Å². The van der Waals surface area contributed by atoms with Crippen LogP contribution in [-0.2, 0) is 13.1 Å². The van der Waals surface area contributed by atoms with Gasteiger partial charge in [0.05, 0.1) is 19.0 Å². The van der Waals surface area contributed by atoms with Crippen LogP contribution in [-0.4, -0.2) is 53.0 Å². The molecule has 0 amide bonds. The summed E-state index contributed by atoms with van der Waals surface area (Å²) < 4.78 is 6.70. The smallest absolute Gasteiger partial charge is 0.287 e. The van der Waals surface area contributed by atoms with Gasteiger partial charge < -0.3 is 9.64 Å². The average molecular weight is 390 g/mol. The molecule has 144 valence electrons. The monoisotopic (exact) mass is 389 g/mol. The number of anilines is 1. The van der Waals surface area contributed by atoms with E-state index in [1.807, 2.05) is 12.1 Å². The molecule has 0 spiro atoms. The quantitative estimate of drug-likeness (QED) is 0.753. The van der Waals surface area contributed by atoms with Gasteiger partial charge in [0.25, 0.3) is 5.56 Å². The Morgan fingerprint density at radius 1 is 1.26 bits per heavy atom. The zero-order chi connectivity index (χ0) is 18.8. The Kier molecular flexibility index (Phi) is 5.31. The Hall–Kier alpha value is -2.12. The number of ether oxygens (including phenoxy) is 1. The molecule has 1 aliphatic heterocycles. The lowest BCUT2D eigenvalue weighted by Gasteiger charge is -2.36. The van der Waals surface area contributed by atoms with Gasteiger partial charge in [-0.2, -0.15) is 5.10 Å². The highest BCUT2D eigenvalue weighted by Gasteiger charge is 2.25. The molecule has 0 atom stereocenters. The summed E-state index contributed by atoms with van der Waals surface area (Å²) in [6.07, 6.45) is 5.87. The summed E-state index contributed by atoms with van der Waals surface area (Å²) in [7, 11) is 1.63. The van der Waals surface area contributed by atoms with Crippen LogP contribution in [0.1, 0.15) is 18.4 Å². The van der Waals surface area contributed by atoms with Gasteiger partial charge in [-0.3, -0.25) is 9.69 Å². The Balaban J connectivity index is 1.38. The molecule has 0 N–H and O–H groups in total. The van der Waals surface area contributed by atoms with Crippen LogP contribution in [0.4, 0.5) is 5.69 Å². The van der Waals surface area contributed by atoms with E-state index >= 15 is 0 Å². The first kappa shape index (κ1) is 18.3. The van der Waals surface area contributed by atoms with Crippen LogP contribution < -0.4 is 15.2 Å². The van der Waals surface area contributed by atoms with E-state index in [1.165, 1.54) is 23.1 Å². The maximum atomic E-state index is 12.5. The minimum absolute atomic E-state index is 0.174. The molecule has 2 aromatic rings. The maximum absolute atomic E-state index is 12.5. The highest BCUT2D eigenvalue weighted by atomic mass is 35.5. The number of hydrogen-bond acceptors (Lipinski definition) is 6. The molecule has 3 heterocycles. The van der Waals surface area contributed by atoms with Crippen molar-refractivity contribution in [1.82, 2.24) is 19.7 Å². The summed E-state index contributed by atoms with van der Waals surface area (Å²) in [5.41, 5.74) is 1.75. The zero-order valence-electron chi connectivity index (χ0n) is 15.5. The van der Waals surface area contributed by atoms with Crippen LogP contribution >= 0.6 is 11.6 Å². The van der Waals surface area contributed by atoms with Gasteiger partial charge in [0, 0.05) is 51.5 Å². The van der Waals surface area contributed by atoms with Crippen LogP contribution in [0.3, 0.4) is 0 Å². The Bertz CT molecular complexity index is 859. The van der Waals surface area contributed by atoms with Crippen molar-refractivity contribution in [3.05, 3.63) is 45.5 Å². The third-order valence-corrected chi connectivity index (χ3v) is 5.58. The second-order valence-corrected chi connectivity index (χ2v) is 7.62. The molecular weight excluding hydrogens is 366 g/mol. The van der Waals surface area contributed by atoms with Crippen LogP contribution in [0, 0.1) is 5.92 Å². The molecule has 1 saturated carbocycles. The molecule has 2 aromatic heterocycles. The normalized spacial score (nSPS) is 17.9. The first-order valence-electron chi connectivity index (χ1n) is 9.36. The van der Waals surface area contributed by atoms with E-state index < -0.39 is 0 Å². The molecule has 1 saturated heterocycles. The van der Waals surface area contributed by atoms with Crippen molar-refractivity contribution in [2.75, 3.05) is 38.2 Å². The molecule has 2 aliphatic rings. The average Bonchev–Trinajstić information content (AvgIpc) is 3.51. The molecule has 8 heteroatoms. The van der Waals surface area contributed by atoms with Crippen molar-refractivity contribution in [3.8, 4) is 5.88 Å². The molecule has 1 aliphatic carbocycles. The van der Waals surface area contributed by atoms with Gasteiger partial charge in [0.1, 0.15) is 5.02 Å².